The van der Waals surface area contributed by atoms with Gasteiger partial charge in [0.15, 0.2) is 0 Å². The second-order valence-electron chi connectivity index (χ2n) is 7.33. The Hall–Kier alpha value is -2.35. The van der Waals surface area contributed by atoms with E-state index in [4.69, 9.17) is 4.74 Å². The van der Waals surface area contributed by atoms with E-state index < -0.39 is 11.7 Å². The van der Waals surface area contributed by atoms with Crippen molar-refractivity contribution in [1.82, 2.24) is 14.7 Å². The van der Waals surface area contributed by atoms with Crippen LogP contribution in [-0.4, -0.2) is 45.9 Å². The molecule has 0 spiro atoms. The maximum atomic E-state index is 13.0. The molecule has 0 aliphatic carbocycles. The van der Waals surface area contributed by atoms with E-state index in [1.807, 2.05) is 13.8 Å². The predicted octanol–water partition coefficient (Wildman–Crippen LogP) is 3.69. The highest BCUT2D eigenvalue weighted by Crippen LogP contribution is 2.31. The van der Waals surface area contributed by atoms with Crippen LogP contribution in [0.15, 0.2) is 24.3 Å². The molecule has 2 aromatic rings. The molecule has 28 heavy (non-hydrogen) atoms. The number of amides is 1. The Morgan fingerprint density at radius 1 is 1.29 bits per heavy atom. The number of alkyl halides is 3. The Kier molecular flexibility index (Phi) is 5.52. The van der Waals surface area contributed by atoms with E-state index in [9.17, 15) is 18.0 Å². The zero-order chi connectivity index (χ0) is 20.6. The molecule has 0 N–H and O–H groups in total. The van der Waals surface area contributed by atoms with Crippen molar-refractivity contribution in [2.24, 2.45) is 0 Å². The Balaban J connectivity index is 1.87. The third kappa shape index (κ3) is 4.06. The third-order valence-corrected chi connectivity index (χ3v) is 5.12. The van der Waals surface area contributed by atoms with Gasteiger partial charge in [0.05, 0.1) is 42.1 Å². The van der Waals surface area contributed by atoms with Crippen LogP contribution in [0.25, 0.3) is 5.69 Å². The number of carbonyl (C=O) groups is 1. The summed E-state index contributed by atoms with van der Waals surface area (Å²) in [5.41, 5.74) is 1.64. The standard InChI is InChI=1S/C20H24F3N3O2/c1-12-11-28-13(2)10-25(12)19(27)9-18-14(3)24-26(15(18)4)17-7-5-6-16(8-17)20(21,22)23/h5-8,12-13H,9-11H2,1-4H3. The molecule has 1 amide bonds. The first-order chi connectivity index (χ1) is 13.1. The van der Waals surface area contributed by atoms with Crippen molar-refractivity contribution in [3.8, 4) is 5.69 Å². The lowest BCUT2D eigenvalue weighted by atomic mass is 10.1. The molecule has 2 unspecified atom stereocenters. The van der Waals surface area contributed by atoms with Gasteiger partial charge in [0.25, 0.3) is 0 Å². The first-order valence-electron chi connectivity index (χ1n) is 9.21. The van der Waals surface area contributed by atoms with Gasteiger partial charge >= 0.3 is 6.18 Å². The van der Waals surface area contributed by atoms with Gasteiger partial charge in [-0.25, -0.2) is 4.68 Å². The molecule has 1 saturated heterocycles. The van der Waals surface area contributed by atoms with Crippen molar-refractivity contribution in [3.05, 3.63) is 46.8 Å². The maximum Gasteiger partial charge on any atom is 0.416 e. The Morgan fingerprint density at radius 2 is 2.00 bits per heavy atom. The van der Waals surface area contributed by atoms with Crippen molar-refractivity contribution < 1.29 is 22.7 Å². The lowest BCUT2D eigenvalue weighted by Crippen LogP contribution is -2.50. The second kappa shape index (κ2) is 7.58. The summed E-state index contributed by atoms with van der Waals surface area (Å²) < 4.78 is 46.1. The van der Waals surface area contributed by atoms with Crippen LogP contribution in [0.3, 0.4) is 0 Å². The Bertz CT molecular complexity index is 876. The fraction of sp³-hybridized carbons (Fsp3) is 0.500. The summed E-state index contributed by atoms with van der Waals surface area (Å²) in [5, 5.41) is 4.39. The molecule has 2 heterocycles. The summed E-state index contributed by atoms with van der Waals surface area (Å²) in [7, 11) is 0. The number of aryl methyl sites for hydroxylation is 1. The molecular formula is C20H24F3N3O2. The molecule has 2 atom stereocenters. The van der Waals surface area contributed by atoms with Gasteiger partial charge in [-0.3, -0.25) is 4.79 Å². The minimum Gasteiger partial charge on any atom is -0.375 e. The number of nitrogens with zero attached hydrogens (tertiary/aromatic N) is 3. The predicted molar refractivity (Wildman–Crippen MR) is 98.3 cm³/mol. The summed E-state index contributed by atoms with van der Waals surface area (Å²) >= 11 is 0. The van der Waals surface area contributed by atoms with Crippen LogP contribution in [0.2, 0.25) is 0 Å². The van der Waals surface area contributed by atoms with Crippen LogP contribution in [-0.2, 0) is 22.1 Å². The van der Waals surface area contributed by atoms with Gasteiger partial charge in [0.1, 0.15) is 0 Å². The lowest BCUT2D eigenvalue weighted by molar-refractivity contribution is -0.142. The molecular weight excluding hydrogens is 371 g/mol. The van der Waals surface area contributed by atoms with Gasteiger partial charge in [-0.2, -0.15) is 18.3 Å². The highest BCUT2D eigenvalue weighted by atomic mass is 19.4. The summed E-state index contributed by atoms with van der Waals surface area (Å²) in [6.45, 7) is 8.43. The van der Waals surface area contributed by atoms with Crippen LogP contribution in [0.1, 0.15) is 36.4 Å². The normalized spacial score (nSPS) is 20.5. The third-order valence-electron chi connectivity index (χ3n) is 5.12. The van der Waals surface area contributed by atoms with Gasteiger partial charge in [0, 0.05) is 17.8 Å². The first-order valence-corrected chi connectivity index (χ1v) is 9.21. The van der Waals surface area contributed by atoms with Crippen LogP contribution in [0, 0.1) is 13.8 Å². The Labute approximate surface area is 162 Å². The van der Waals surface area contributed by atoms with E-state index in [1.54, 1.807) is 24.8 Å². The molecule has 1 aliphatic heterocycles. The average molecular weight is 395 g/mol. The van der Waals surface area contributed by atoms with Gasteiger partial charge in [-0.1, -0.05) is 6.07 Å². The van der Waals surface area contributed by atoms with E-state index >= 15 is 0 Å². The van der Waals surface area contributed by atoms with E-state index in [0.717, 1.165) is 17.7 Å². The number of hydrogen-bond acceptors (Lipinski definition) is 3. The zero-order valence-electron chi connectivity index (χ0n) is 16.4. The topological polar surface area (TPSA) is 47.4 Å². The van der Waals surface area contributed by atoms with Crippen molar-refractivity contribution in [2.45, 2.75) is 52.4 Å². The van der Waals surface area contributed by atoms with E-state index in [0.29, 0.717) is 30.2 Å². The summed E-state index contributed by atoms with van der Waals surface area (Å²) in [6.07, 6.45) is -4.28. The van der Waals surface area contributed by atoms with Crippen LogP contribution < -0.4 is 0 Å². The Morgan fingerprint density at radius 3 is 2.68 bits per heavy atom. The molecule has 1 fully saturated rings. The van der Waals surface area contributed by atoms with Crippen LogP contribution in [0.5, 0.6) is 0 Å². The van der Waals surface area contributed by atoms with Crippen molar-refractivity contribution in [3.63, 3.8) is 0 Å². The number of benzene rings is 1. The molecule has 0 radical (unpaired) electrons. The number of ether oxygens (including phenoxy) is 1. The largest absolute Gasteiger partial charge is 0.416 e. The molecule has 5 nitrogen and oxygen atoms in total. The molecule has 0 bridgehead atoms. The molecule has 1 aromatic carbocycles. The monoisotopic (exact) mass is 395 g/mol. The van der Waals surface area contributed by atoms with Gasteiger partial charge in [-0.15, -0.1) is 0 Å². The average Bonchev–Trinajstić information content (AvgIpc) is 2.91. The summed E-state index contributed by atoms with van der Waals surface area (Å²) in [6, 6.07) is 5.02. The van der Waals surface area contributed by atoms with Crippen LogP contribution >= 0.6 is 0 Å². The minimum absolute atomic E-state index is 0.0113. The molecule has 1 aromatic heterocycles. The van der Waals surface area contributed by atoms with Crippen molar-refractivity contribution >= 4 is 5.91 Å². The van der Waals surface area contributed by atoms with E-state index in [-0.39, 0.29) is 24.5 Å². The number of morpholine rings is 1. The SMILES string of the molecule is Cc1nn(-c2cccc(C(F)(F)F)c2)c(C)c1CC(=O)N1CC(C)OCC1C. The van der Waals surface area contributed by atoms with Gasteiger partial charge in [-0.05, 0) is 45.9 Å². The number of hydrogen-bond donors (Lipinski definition) is 0. The fourth-order valence-corrected chi connectivity index (χ4v) is 3.50. The van der Waals surface area contributed by atoms with Crippen molar-refractivity contribution in [2.75, 3.05) is 13.2 Å². The van der Waals surface area contributed by atoms with Gasteiger partial charge in [0.2, 0.25) is 5.91 Å². The molecule has 152 valence electrons. The second-order valence-corrected chi connectivity index (χ2v) is 7.33. The lowest BCUT2D eigenvalue weighted by Gasteiger charge is -2.37. The molecule has 1 aliphatic rings. The highest BCUT2D eigenvalue weighted by molar-refractivity contribution is 5.79. The van der Waals surface area contributed by atoms with E-state index in [2.05, 4.69) is 5.10 Å². The quantitative estimate of drug-likeness (QED) is 0.797. The van der Waals surface area contributed by atoms with Crippen molar-refractivity contribution in [1.29, 1.82) is 0 Å². The molecule has 0 saturated carbocycles. The fourth-order valence-electron chi connectivity index (χ4n) is 3.50. The molecule has 8 heteroatoms. The smallest absolute Gasteiger partial charge is 0.375 e. The number of rotatable bonds is 3. The highest BCUT2D eigenvalue weighted by Gasteiger charge is 2.31. The van der Waals surface area contributed by atoms with E-state index in [1.165, 1.54) is 10.7 Å². The summed E-state index contributed by atoms with van der Waals surface area (Å²) in [5.74, 6) is -0.0301. The number of halogens is 3. The minimum atomic E-state index is -4.42. The summed E-state index contributed by atoms with van der Waals surface area (Å²) in [4.78, 5) is 14.6. The maximum absolute atomic E-state index is 13.0. The first kappa shape index (κ1) is 20.4. The van der Waals surface area contributed by atoms with Crippen LogP contribution in [0.4, 0.5) is 13.2 Å². The zero-order valence-corrected chi connectivity index (χ0v) is 16.4. The number of aromatic nitrogens is 2. The number of carbonyl (C=O) groups excluding carboxylic acids is 1. The molecule has 3 rings (SSSR count). The van der Waals surface area contributed by atoms with Gasteiger partial charge < -0.3 is 9.64 Å².